The van der Waals surface area contributed by atoms with E-state index in [0.29, 0.717) is 24.1 Å². The van der Waals surface area contributed by atoms with Gasteiger partial charge in [-0.1, -0.05) is 0 Å². The Bertz CT molecular complexity index is 399. The SMILES string of the molecule is CCOc1cc(C)nc(NCCOCC(F)(F)F)n1. The lowest BCUT2D eigenvalue weighted by molar-refractivity contribution is -0.172. The van der Waals surface area contributed by atoms with Crippen LogP contribution in [0.25, 0.3) is 0 Å². The average molecular weight is 279 g/mol. The van der Waals surface area contributed by atoms with E-state index in [0.717, 1.165) is 0 Å². The van der Waals surface area contributed by atoms with Crippen molar-refractivity contribution >= 4 is 5.95 Å². The van der Waals surface area contributed by atoms with Gasteiger partial charge in [-0.15, -0.1) is 0 Å². The first kappa shape index (κ1) is 15.5. The van der Waals surface area contributed by atoms with Crippen molar-refractivity contribution in [1.29, 1.82) is 0 Å². The van der Waals surface area contributed by atoms with E-state index in [-0.39, 0.29) is 13.2 Å². The van der Waals surface area contributed by atoms with E-state index in [1.165, 1.54) is 0 Å². The number of nitrogens with zero attached hydrogens (tertiary/aromatic N) is 2. The van der Waals surface area contributed by atoms with Gasteiger partial charge in [-0.2, -0.15) is 18.2 Å². The number of ether oxygens (including phenoxy) is 2. The zero-order valence-electron chi connectivity index (χ0n) is 10.8. The molecule has 5 nitrogen and oxygen atoms in total. The Hall–Kier alpha value is -1.57. The van der Waals surface area contributed by atoms with Gasteiger partial charge in [0.1, 0.15) is 6.61 Å². The lowest BCUT2D eigenvalue weighted by atomic mass is 10.4. The molecule has 0 bridgehead atoms. The Balaban J connectivity index is 2.36. The Morgan fingerprint density at radius 3 is 2.68 bits per heavy atom. The molecule has 1 heterocycles. The molecule has 1 N–H and O–H groups in total. The number of alkyl halides is 3. The molecule has 1 aromatic heterocycles. The van der Waals surface area contributed by atoms with Crippen LogP contribution in [-0.4, -0.2) is 42.5 Å². The van der Waals surface area contributed by atoms with E-state index < -0.39 is 12.8 Å². The summed E-state index contributed by atoms with van der Waals surface area (Å²) in [5.41, 5.74) is 0.706. The predicted molar refractivity (Wildman–Crippen MR) is 63.3 cm³/mol. The molecular formula is C11H16F3N3O2. The van der Waals surface area contributed by atoms with Gasteiger partial charge in [-0.05, 0) is 13.8 Å². The number of hydrogen-bond donors (Lipinski definition) is 1. The van der Waals surface area contributed by atoms with Crippen molar-refractivity contribution in [3.05, 3.63) is 11.8 Å². The number of aryl methyl sites for hydroxylation is 1. The number of aromatic nitrogens is 2. The van der Waals surface area contributed by atoms with E-state index in [9.17, 15) is 13.2 Å². The van der Waals surface area contributed by atoms with Crippen LogP contribution in [0.2, 0.25) is 0 Å². The molecule has 0 fully saturated rings. The molecule has 0 aliphatic carbocycles. The van der Waals surface area contributed by atoms with Gasteiger partial charge in [0.15, 0.2) is 0 Å². The van der Waals surface area contributed by atoms with Gasteiger partial charge in [-0.25, -0.2) is 4.98 Å². The van der Waals surface area contributed by atoms with Crippen molar-refractivity contribution in [2.45, 2.75) is 20.0 Å². The fraction of sp³-hybridized carbons (Fsp3) is 0.636. The predicted octanol–water partition coefficient (Wildman–Crippen LogP) is 2.17. The van der Waals surface area contributed by atoms with Crippen LogP contribution in [0, 0.1) is 6.92 Å². The van der Waals surface area contributed by atoms with Gasteiger partial charge in [-0.3, -0.25) is 0 Å². The van der Waals surface area contributed by atoms with Gasteiger partial charge in [0.05, 0.1) is 13.2 Å². The zero-order valence-corrected chi connectivity index (χ0v) is 10.8. The maximum Gasteiger partial charge on any atom is 0.411 e. The number of anilines is 1. The summed E-state index contributed by atoms with van der Waals surface area (Å²) in [6.45, 7) is 2.93. The summed E-state index contributed by atoms with van der Waals surface area (Å²) in [6, 6.07) is 1.68. The third kappa shape index (κ3) is 6.80. The molecule has 0 aliphatic rings. The fourth-order valence-electron chi connectivity index (χ4n) is 1.26. The molecule has 108 valence electrons. The largest absolute Gasteiger partial charge is 0.478 e. The molecule has 0 spiro atoms. The Labute approximate surface area is 109 Å². The zero-order chi connectivity index (χ0) is 14.3. The Morgan fingerprint density at radius 1 is 1.32 bits per heavy atom. The topological polar surface area (TPSA) is 56.3 Å². The van der Waals surface area contributed by atoms with Crippen LogP contribution in [0.3, 0.4) is 0 Å². The van der Waals surface area contributed by atoms with Crippen molar-refractivity contribution in [1.82, 2.24) is 9.97 Å². The summed E-state index contributed by atoms with van der Waals surface area (Å²) in [5.74, 6) is 0.729. The van der Waals surface area contributed by atoms with Crippen LogP contribution in [0.15, 0.2) is 6.07 Å². The highest BCUT2D eigenvalue weighted by Gasteiger charge is 2.27. The highest BCUT2D eigenvalue weighted by Crippen LogP contribution is 2.14. The number of rotatable bonds is 7. The second kappa shape index (κ2) is 7.13. The minimum absolute atomic E-state index is 0.0826. The van der Waals surface area contributed by atoms with Crippen LogP contribution < -0.4 is 10.1 Å². The Morgan fingerprint density at radius 2 is 2.05 bits per heavy atom. The normalized spacial score (nSPS) is 11.4. The summed E-state index contributed by atoms with van der Waals surface area (Å²) in [6.07, 6.45) is -4.30. The molecule has 0 radical (unpaired) electrons. The minimum atomic E-state index is -4.30. The molecule has 0 aromatic carbocycles. The van der Waals surface area contributed by atoms with Crippen molar-refractivity contribution < 1.29 is 22.6 Å². The number of nitrogens with one attached hydrogen (secondary N) is 1. The monoisotopic (exact) mass is 279 g/mol. The standard InChI is InChI=1S/C11H16F3N3O2/c1-3-19-9-6-8(2)16-10(17-9)15-4-5-18-7-11(12,13)14/h6H,3-5,7H2,1-2H3,(H,15,16,17). The molecule has 0 atom stereocenters. The maximum atomic E-state index is 11.8. The molecule has 8 heteroatoms. The Kier molecular flexibility index (Phi) is 5.81. The first-order chi connectivity index (χ1) is 8.90. The molecule has 0 saturated heterocycles. The van der Waals surface area contributed by atoms with Gasteiger partial charge in [0.25, 0.3) is 0 Å². The molecule has 1 aromatic rings. The van der Waals surface area contributed by atoms with E-state index >= 15 is 0 Å². The van der Waals surface area contributed by atoms with E-state index in [4.69, 9.17) is 4.74 Å². The van der Waals surface area contributed by atoms with E-state index in [1.807, 2.05) is 6.92 Å². The summed E-state index contributed by atoms with van der Waals surface area (Å²) in [7, 11) is 0. The summed E-state index contributed by atoms with van der Waals surface area (Å²) >= 11 is 0. The molecule has 0 aliphatic heterocycles. The van der Waals surface area contributed by atoms with Crippen molar-refractivity contribution in [3.63, 3.8) is 0 Å². The van der Waals surface area contributed by atoms with Crippen molar-refractivity contribution in [2.75, 3.05) is 31.7 Å². The van der Waals surface area contributed by atoms with Crippen molar-refractivity contribution in [3.8, 4) is 5.88 Å². The van der Waals surface area contributed by atoms with Crippen LogP contribution >= 0.6 is 0 Å². The first-order valence-corrected chi connectivity index (χ1v) is 5.77. The minimum Gasteiger partial charge on any atom is -0.478 e. The van der Waals surface area contributed by atoms with Gasteiger partial charge in [0, 0.05) is 18.3 Å². The van der Waals surface area contributed by atoms with Gasteiger partial charge < -0.3 is 14.8 Å². The molecule has 1 rings (SSSR count). The highest BCUT2D eigenvalue weighted by molar-refractivity contribution is 5.30. The fourth-order valence-corrected chi connectivity index (χ4v) is 1.26. The average Bonchev–Trinajstić information content (AvgIpc) is 2.26. The van der Waals surface area contributed by atoms with Gasteiger partial charge >= 0.3 is 6.18 Å². The lowest BCUT2D eigenvalue weighted by Gasteiger charge is -2.09. The van der Waals surface area contributed by atoms with E-state index in [1.54, 1.807) is 13.0 Å². The molecular weight excluding hydrogens is 263 g/mol. The molecule has 0 saturated carbocycles. The molecule has 0 unspecified atom stereocenters. The summed E-state index contributed by atoms with van der Waals surface area (Å²) in [4.78, 5) is 8.13. The molecule has 19 heavy (non-hydrogen) atoms. The lowest BCUT2D eigenvalue weighted by Crippen LogP contribution is -2.20. The maximum absolute atomic E-state index is 11.8. The molecule has 0 amide bonds. The van der Waals surface area contributed by atoms with Crippen LogP contribution in [-0.2, 0) is 4.74 Å². The first-order valence-electron chi connectivity index (χ1n) is 5.77. The highest BCUT2D eigenvalue weighted by atomic mass is 19.4. The second-order valence-corrected chi connectivity index (χ2v) is 3.70. The van der Waals surface area contributed by atoms with Crippen LogP contribution in [0.4, 0.5) is 19.1 Å². The van der Waals surface area contributed by atoms with Crippen molar-refractivity contribution in [2.24, 2.45) is 0 Å². The third-order valence-corrected chi connectivity index (χ3v) is 1.92. The third-order valence-electron chi connectivity index (χ3n) is 1.92. The number of halogens is 3. The number of hydrogen-bond acceptors (Lipinski definition) is 5. The van der Waals surface area contributed by atoms with Crippen LogP contribution in [0.5, 0.6) is 5.88 Å². The smallest absolute Gasteiger partial charge is 0.411 e. The van der Waals surface area contributed by atoms with Crippen LogP contribution in [0.1, 0.15) is 12.6 Å². The second-order valence-electron chi connectivity index (χ2n) is 3.70. The summed E-state index contributed by atoms with van der Waals surface area (Å²) in [5, 5.41) is 2.78. The quantitative estimate of drug-likeness (QED) is 0.775. The van der Waals surface area contributed by atoms with E-state index in [2.05, 4.69) is 20.0 Å². The van der Waals surface area contributed by atoms with Gasteiger partial charge in [0.2, 0.25) is 11.8 Å². The summed E-state index contributed by atoms with van der Waals surface area (Å²) < 4.78 is 45.1.